The van der Waals surface area contributed by atoms with Gasteiger partial charge in [0.2, 0.25) is 0 Å². The van der Waals surface area contributed by atoms with Crippen molar-refractivity contribution in [2.45, 2.75) is 0 Å². The van der Waals surface area contributed by atoms with Gasteiger partial charge < -0.3 is 0 Å². The predicted molar refractivity (Wildman–Crippen MR) is 41.1 cm³/mol. The summed E-state index contributed by atoms with van der Waals surface area (Å²) in [6.07, 6.45) is 0. The Bertz CT molecular complexity index is 348. The first-order valence-electron chi connectivity index (χ1n) is 3.25. The van der Waals surface area contributed by atoms with E-state index in [-0.39, 0.29) is 11.3 Å². The fourth-order valence-corrected chi connectivity index (χ4v) is 0.799. The van der Waals surface area contributed by atoms with Crippen molar-refractivity contribution in [2.24, 2.45) is 0 Å². The summed E-state index contributed by atoms with van der Waals surface area (Å²) in [4.78, 5) is 23.7. The summed E-state index contributed by atoms with van der Waals surface area (Å²) in [7, 11) is 0. The zero-order chi connectivity index (χ0) is 9.84. The van der Waals surface area contributed by atoms with Crippen molar-refractivity contribution in [2.75, 3.05) is 0 Å². The number of nitro benzene ring substituents is 1. The van der Waals surface area contributed by atoms with Crippen LogP contribution >= 0.6 is 0 Å². The maximum absolute atomic E-state index is 10.7. The molecule has 0 saturated heterocycles. The van der Waals surface area contributed by atoms with Gasteiger partial charge in [-0.2, -0.15) is 5.26 Å². The van der Waals surface area contributed by atoms with E-state index in [4.69, 9.17) is 5.26 Å². The van der Waals surface area contributed by atoms with Crippen molar-refractivity contribution in [1.29, 1.82) is 0 Å². The average molecular weight is 183 g/mol. The van der Waals surface area contributed by atoms with Gasteiger partial charge in [-0.3, -0.25) is 15.0 Å². The zero-order valence-corrected chi connectivity index (χ0v) is 6.34. The third-order valence-corrected chi connectivity index (χ3v) is 1.38. The fraction of sp³-hybridized carbons (Fsp3) is 0. The van der Waals surface area contributed by atoms with Crippen molar-refractivity contribution in [1.82, 2.24) is 0 Å². The third kappa shape index (κ3) is 2.00. The average Bonchev–Trinajstić information content (AvgIpc) is 2.17. The van der Waals surface area contributed by atoms with E-state index in [0.717, 1.165) is 6.07 Å². The summed E-state index contributed by atoms with van der Waals surface area (Å²) in [5, 5.41) is 18.3. The molecule has 0 heterocycles. The molecule has 0 aliphatic carbocycles. The van der Waals surface area contributed by atoms with Crippen LogP contribution in [-0.4, -0.2) is 16.1 Å². The first-order valence-corrected chi connectivity index (χ1v) is 3.25. The second-order valence-corrected chi connectivity index (χ2v) is 2.19. The van der Waals surface area contributed by atoms with Crippen LogP contribution in [0.2, 0.25) is 0 Å². The Morgan fingerprint density at radius 2 is 2.23 bits per heavy atom. The van der Waals surface area contributed by atoms with E-state index in [0.29, 0.717) is 0 Å². The maximum atomic E-state index is 10.7. The van der Waals surface area contributed by atoms with Crippen LogP contribution in [0.5, 0.6) is 0 Å². The Morgan fingerprint density at radius 3 is 2.77 bits per heavy atom. The summed E-state index contributed by atoms with van der Waals surface area (Å²) in [6.45, 7) is 0. The first kappa shape index (κ1) is 9.14. The van der Waals surface area contributed by atoms with E-state index in [1.807, 2.05) is 0 Å². The molecular weight excluding hydrogens is 178 g/mol. The number of hydrogen-bond donors (Lipinski definition) is 1. The molecule has 0 unspecified atom stereocenters. The van der Waals surface area contributed by atoms with Crippen molar-refractivity contribution in [3.63, 3.8) is 0 Å². The molecule has 0 radical (unpaired) electrons. The Morgan fingerprint density at radius 1 is 1.54 bits per heavy atom. The van der Waals surface area contributed by atoms with Crippen LogP contribution in [0.15, 0.2) is 24.3 Å². The monoisotopic (exact) mass is 183 g/mol. The molecule has 6 nitrogen and oxygen atoms in total. The molecule has 0 spiro atoms. The first-order chi connectivity index (χ1) is 6.15. The van der Waals surface area contributed by atoms with Gasteiger partial charge in [-0.05, 0) is 6.07 Å². The van der Waals surface area contributed by atoms with Gasteiger partial charge in [-0.1, -0.05) is 6.07 Å². The molecule has 6 heteroatoms. The third-order valence-electron chi connectivity index (χ3n) is 1.38. The zero-order valence-electron chi connectivity index (χ0n) is 6.34. The molecule has 1 N–H and O–H groups in total. The standard InChI is InChI=1S/C7H5NO5/c9-7(13-12)5-2-1-3-6(4-5)8(10)11/h1-4,12H. The van der Waals surface area contributed by atoms with Crippen LogP contribution in [0.4, 0.5) is 5.69 Å². The Hall–Kier alpha value is -1.95. The minimum absolute atomic E-state index is 0.0725. The predicted octanol–water partition coefficient (Wildman–Crippen LogP) is 1.22. The normalized spacial score (nSPS) is 9.31. The SMILES string of the molecule is O=C(OO)c1cccc([N+](=O)[O-])c1. The molecule has 1 rings (SSSR count). The van der Waals surface area contributed by atoms with E-state index in [2.05, 4.69) is 4.89 Å². The van der Waals surface area contributed by atoms with Gasteiger partial charge in [0.25, 0.3) is 5.69 Å². The second kappa shape index (κ2) is 3.63. The summed E-state index contributed by atoms with van der Waals surface area (Å²) in [5.74, 6) is -1.02. The van der Waals surface area contributed by atoms with Crippen LogP contribution in [0, 0.1) is 10.1 Å². The minimum Gasteiger partial charge on any atom is -0.296 e. The van der Waals surface area contributed by atoms with Crippen molar-refractivity contribution < 1.29 is 19.9 Å². The molecule has 0 fully saturated rings. The summed E-state index contributed by atoms with van der Waals surface area (Å²) < 4.78 is 0. The maximum Gasteiger partial charge on any atom is 0.373 e. The van der Waals surface area contributed by atoms with E-state index >= 15 is 0 Å². The molecule has 0 aromatic heterocycles. The van der Waals surface area contributed by atoms with E-state index in [1.54, 1.807) is 0 Å². The molecule has 68 valence electrons. The van der Waals surface area contributed by atoms with Crippen molar-refractivity contribution in [3.8, 4) is 0 Å². The van der Waals surface area contributed by atoms with Gasteiger partial charge in [0.05, 0.1) is 10.5 Å². The Balaban J connectivity index is 3.05. The van der Waals surface area contributed by atoms with Crippen LogP contribution in [0.1, 0.15) is 10.4 Å². The van der Waals surface area contributed by atoms with E-state index < -0.39 is 10.9 Å². The summed E-state index contributed by atoms with van der Waals surface area (Å²) >= 11 is 0. The lowest BCUT2D eigenvalue weighted by Gasteiger charge is -1.95. The molecular formula is C7H5NO5. The lowest BCUT2D eigenvalue weighted by atomic mass is 10.2. The van der Waals surface area contributed by atoms with Gasteiger partial charge >= 0.3 is 5.97 Å². The molecule has 1 aromatic rings. The second-order valence-electron chi connectivity index (χ2n) is 2.19. The van der Waals surface area contributed by atoms with Crippen molar-refractivity contribution in [3.05, 3.63) is 39.9 Å². The van der Waals surface area contributed by atoms with E-state index in [1.165, 1.54) is 18.2 Å². The van der Waals surface area contributed by atoms with Crippen LogP contribution in [-0.2, 0) is 4.89 Å². The Labute approximate surface area is 72.4 Å². The number of benzene rings is 1. The van der Waals surface area contributed by atoms with Gasteiger partial charge in [0, 0.05) is 12.1 Å². The molecule has 0 amide bonds. The highest BCUT2D eigenvalue weighted by molar-refractivity contribution is 5.89. The minimum atomic E-state index is -1.02. The van der Waals surface area contributed by atoms with Gasteiger partial charge in [0.15, 0.2) is 0 Å². The lowest BCUT2D eigenvalue weighted by molar-refractivity contribution is -0.384. The molecule has 0 saturated carbocycles. The van der Waals surface area contributed by atoms with Gasteiger partial charge in [-0.25, -0.2) is 4.79 Å². The number of non-ortho nitro benzene ring substituents is 1. The quantitative estimate of drug-likeness (QED) is 0.423. The number of carbonyl (C=O) groups is 1. The van der Waals surface area contributed by atoms with Crippen molar-refractivity contribution >= 4 is 11.7 Å². The summed E-state index contributed by atoms with van der Waals surface area (Å²) in [5.41, 5.74) is -0.306. The molecule has 0 aliphatic heterocycles. The molecule has 0 atom stereocenters. The number of nitrogens with zero attached hydrogens (tertiary/aromatic N) is 1. The van der Waals surface area contributed by atoms with Crippen LogP contribution in [0.3, 0.4) is 0 Å². The summed E-state index contributed by atoms with van der Waals surface area (Å²) in [6, 6.07) is 4.86. The number of nitro groups is 1. The van der Waals surface area contributed by atoms with Gasteiger partial charge in [-0.15, -0.1) is 0 Å². The highest BCUT2D eigenvalue weighted by Crippen LogP contribution is 2.13. The molecule has 0 aliphatic rings. The number of carbonyl (C=O) groups excluding carboxylic acids is 1. The van der Waals surface area contributed by atoms with Gasteiger partial charge in [0.1, 0.15) is 0 Å². The number of hydrogen-bond acceptors (Lipinski definition) is 5. The lowest BCUT2D eigenvalue weighted by Crippen LogP contribution is -2.01. The molecule has 1 aromatic carbocycles. The largest absolute Gasteiger partial charge is 0.373 e. The smallest absolute Gasteiger partial charge is 0.296 e. The number of rotatable bonds is 2. The fourth-order valence-electron chi connectivity index (χ4n) is 0.799. The highest BCUT2D eigenvalue weighted by atomic mass is 17.1. The highest BCUT2D eigenvalue weighted by Gasteiger charge is 2.11. The Kier molecular flexibility index (Phi) is 2.56. The van der Waals surface area contributed by atoms with Crippen LogP contribution < -0.4 is 0 Å². The topological polar surface area (TPSA) is 89.7 Å². The van der Waals surface area contributed by atoms with Crippen LogP contribution in [0.25, 0.3) is 0 Å². The van der Waals surface area contributed by atoms with E-state index in [9.17, 15) is 14.9 Å². The molecule has 13 heavy (non-hydrogen) atoms. The molecule has 0 bridgehead atoms.